The first-order valence-corrected chi connectivity index (χ1v) is 12.1. The van der Waals surface area contributed by atoms with E-state index < -0.39 is 17.0 Å². The third-order valence-corrected chi connectivity index (χ3v) is 7.08. The molecule has 0 aliphatic carbocycles. The van der Waals surface area contributed by atoms with Crippen LogP contribution in [0.15, 0.2) is 36.1 Å². The monoisotopic (exact) mass is 469 g/mol. The summed E-state index contributed by atoms with van der Waals surface area (Å²) in [4.78, 5) is 40.9. The van der Waals surface area contributed by atoms with Crippen molar-refractivity contribution in [2.45, 2.75) is 63.0 Å². The second-order valence-corrected chi connectivity index (χ2v) is 10.1. The molecule has 1 aromatic carbocycles. The number of para-hydroxylation sites is 1. The molecule has 8 nitrogen and oxygen atoms in total. The van der Waals surface area contributed by atoms with Crippen LogP contribution in [0.25, 0.3) is 0 Å². The molecule has 0 saturated carbocycles. The van der Waals surface area contributed by atoms with Gasteiger partial charge < -0.3 is 25.0 Å². The van der Waals surface area contributed by atoms with Crippen LogP contribution in [-0.4, -0.2) is 66.9 Å². The number of carbonyl (C=O) groups is 3. The highest BCUT2D eigenvalue weighted by molar-refractivity contribution is 6.04. The molecule has 4 rings (SSSR count). The van der Waals surface area contributed by atoms with Crippen LogP contribution >= 0.6 is 0 Å². The van der Waals surface area contributed by atoms with Crippen molar-refractivity contribution in [3.63, 3.8) is 0 Å². The van der Waals surface area contributed by atoms with Gasteiger partial charge in [-0.2, -0.15) is 0 Å². The number of ketones is 1. The Hall–Kier alpha value is -2.87. The van der Waals surface area contributed by atoms with E-state index in [1.165, 1.54) is 11.6 Å². The van der Waals surface area contributed by atoms with Gasteiger partial charge in [-0.05, 0) is 70.2 Å². The molecule has 0 atom stereocenters. The smallest absolute Gasteiger partial charge is 0.287 e. The summed E-state index contributed by atoms with van der Waals surface area (Å²) in [5, 5.41) is 6.26. The number of allylic oxidation sites excluding steroid dienone is 1. The van der Waals surface area contributed by atoms with Crippen molar-refractivity contribution >= 4 is 17.6 Å². The lowest BCUT2D eigenvalue weighted by atomic mass is 9.84. The fraction of sp³-hybridized carbons (Fsp3) is 0.577. The number of hydrogen-bond donors (Lipinski definition) is 2. The Kier molecular flexibility index (Phi) is 6.98. The number of hydrogen-bond acceptors (Lipinski definition) is 6. The third-order valence-electron chi connectivity index (χ3n) is 7.08. The third kappa shape index (κ3) is 5.12. The standard InChI is InChI=1S/C26H35N3O5/c1-25(2)17-19(30)16-22(34-25)23(31)28-26(10-12-27-13-11-26)24(32)29-14-8-18(9-15-29)20-6-4-5-7-21(20)33-3/h4-7,16,18,27H,8-15,17H2,1-3H3,(H,28,31). The molecule has 3 aliphatic rings. The molecular weight excluding hydrogens is 434 g/mol. The van der Waals surface area contributed by atoms with Crippen molar-refractivity contribution in [1.29, 1.82) is 0 Å². The number of methoxy groups -OCH3 is 1. The molecule has 8 heteroatoms. The average Bonchev–Trinajstić information content (AvgIpc) is 2.83. The summed E-state index contributed by atoms with van der Waals surface area (Å²) in [5.74, 6) is 0.496. The first-order valence-electron chi connectivity index (χ1n) is 12.1. The zero-order chi connectivity index (χ0) is 24.3. The second kappa shape index (κ2) is 9.78. The minimum absolute atomic E-state index is 0.0122. The number of piperidine rings is 2. The fourth-order valence-electron chi connectivity index (χ4n) is 5.32. The minimum atomic E-state index is -1.01. The van der Waals surface area contributed by atoms with Crippen molar-refractivity contribution in [3.8, 4) is 5.75 Å². The number of likely N-dealkylation sites (tertiary alicyclic amines) is 1. The molecule has 0 unspecified atom stereocenters. The Morgan fingerprint density at radius 1 is 1.15 bits per heavy atom. The van der Waals surface area contributed by atoms with Crippen LogP contribution in [0.3, 0.4) is 0 Å². The number of amides is 2. The molecule has 34 heavy (non-hydrogen) atoms. The van der Waals surface area contributed by atoms with Crippen molar-refractivity contribution in [2.24, 2.45) is 0 Å². The lowest BCUT2D eigenvalue weighted by molar-refractivity contribution is -0.145. The number of nitrogens with one attached hydrogen (secondary N) is 2. The number of nitrogens with zero attached hydrogens (tertiary/aromatic N) is 1. The summed E-state index contributed by atoms with van der Waals surface area (Å²) in [6, 6.07) is 8.05. The van der Waals surface area contributed by atoms with E-state index in [4.69, 9.17) is 9.47 Å². The van der Waals surface area contributed by atoms with Gasteiger partial charge in [0.05, 0.1) is 7.11 Å². The zero-order valence-electron chi connectivity index (χ0n) is 20.3. The molecule has 0 radical (unpaired) electrons. The SMILES string of the molecule is COc1ccccc1C1CCN(C(=O)C2(NC(=O)C3=CC(=O)CC(C)(C)O3)CCNCC2)CC1. The Labute approximate surface area is 201 Å². The van der Waals surface area contributed by atoms with Crippen LogP contribution in [-0.2, 0) is 19.1 Å². The Bertz CT molecular complexity index is 972. The highest BCUT2D eigenvalue weighted by Crippen LogP contribution is 2.35. The molecule has 0 aromatic heterocycles. The summed E-state index contributed by atoms with van der Waals surface area (Å²) < 4.78 is 11.3. The van der Waals surface area contributed by atoms with Gasteiger partial charge in [0.25, 0.3) is 5.91 Å². The summed E-state index contributed by atoms with van der Waals surface area (Å²) in [6.45, 7) is 6.07. The van der Waals surface area contributed by atoms with Crippen molar-refractivity contribution in [2.75, 3.05) is 33.3 Å². The predicted octanol–water partition coefficient (Wildman–Crippen LogP) is 2.29. The normalized spacial score (nSPS) is 22.4. The van der Waals surface area contributed by atoms with Crippen molar-refractivity contribution in [1.82, 2.24) is 15.5 Å². The van der Waals surface area contributed by atoms with Crippen molar-refractivity contribution in [3.05, 3.63) is 41.7 Å². The van der Waals surface area contributed by atoms with Crippen LogP contribution in [0, 0.1) is 0 Å². The van der Waals surface area contributed by atoms with E-state index in [0.717, 1.165) is 18.6 Å². The molecule has 2 N–H and O–H groups in total. The van der Waals surface area contributed by atoms with E-state index in [-0.39, 0.29) is 23.9 Å². The summed E-state index contributed by atoms with van der Waals surface area (Å²) >= 11 is 0. The molecule has 0 spiro atoms. The van der Waals surface area contributed by atoms with Gasteiger partial charge >= 0.3 is 0 Å². The largest absolute Gasteiger partial charge is 0.496 e. The van der Waals surface area contributed by atoms with Gasteiger partial charge in [-0.1, -0.05) is 18.2 Å². The molecule has 2 amide bonds. The molecule has 3 aliphatic heterocycles. The number of rotatable bonds is 5. The second-order valence-electron chi connectivity index (χ2n) is 10.1. The van der Waals surface area contributed by atoms with Gasteiger partial charge in [0.1, 0.15) is 16.9 Å². The fourth-order valence-corrected chi connectivity index (χ4v) is 5.32. The van der Waals surface area contributed by atoms with Crippen molar-refractivity contribution < 1.29 is 23.9 Å². The maximum absolute atomic E-state index is 13.8. The summed E-state index contributed by atoms with van der Waals surface area (Å²) in [5.41, 5.74) is -0.575. The van der Waals surface area contributed by atoms with Crippen LogP contribution in [0.2, 0.25) is 0 Å². The molecule has 2 saturated heterocycles. The van der Waals surface area contributed by atoms with Crippen LogP contribution in [0.5, 0.6) is 5.75 Å². The Morgan fingerprint density at radius 3 is 2.47 bits per heavy atom. The first kappa shape index (κ1) is 24.3. The topological polar surface area (TPSA) is 97.0 Å². The van der Waals surface area contributed by atoms with E-state index >= 15 is 0 Å². The summed E-state index contributed by atoms with van der Waals surface area (Å²) in [7, 11) is 1.68. The van der Waals surface area contributed by atoms with Gasteiger partial charge in [0.15, 0.2) is 11.5 Å². The molecule has 3 heterocycles. The van der Waals surface area contributed by atoms with Crippen LogP contribution in [0.4, 0.5) is 0 Å². The van der Waals surface area contributed by atoms with E-state index in [1.807, 2.05) is 23.1 Å². The lowest BCUT2D eigenvalue weighted by Crippen LogP contribution is -2.64. The maximum Gasteiger partial charge on any atom is 0.287 e. The molecule has 184 valence electrons. The van der Waals surface area contributed by atoms with Gasteiger partial charge in [0, 0.05) is 25.6 Å². The highest BCUT2D eigenvalue weighted by Gasteiger charge is 2.45. The Balaban J connectivity index is 1.47. The Morgan fingerprint density at radius 2 is 1.82 bits per heavy atom. The average molecular weight is 470 g/mol. The lowest BCUT2D eigenvalue weighted by Gasteiger charge is -2.43. The summed E-state index contributed by atoms with van der Waals surface area (Å²) in [6.07, 6.45) is 4.14. The molecule has 0 bridgehead atoms. The van der Waals surface area contributed by atoms with E-state index in [0.29, 0.717) is 44.9 Å². The van der Waals surface area contributed by atoms with Gasteiger partial charge in [-0.3, -0.25) is 14.4 Å². The zero-order valence-corrected chi connectivity index (χ0v) is 20.3. The number of carbonyl (C=O) groups excluding carboxylic acids is 3. The number of ether oxygens (including phenoxy) is 2. The number of benzene rings is 1. The van der Waals surface area contributed by atoms with Gasteiger partial charge in [-0.15, -0.1) is 0 Å². The predicted molar refractivity (Wildman–Crippen MR) is 127 cm³/mol. The minimum Gasteiger partial charge on any atom is -0.496 e. The van der Waals surface area contributed by atoms with Crippen LogP contribution in [0.1, 0.15) is 57.4 Å². The van der Waals surface area contributed by atoms with Gasteiger partial charge in [-0.25, -0.2) is 0 Å². The van der Waals surface area contributed by atoms with E-state index in [1.54, 1.807) is 21.0 Å². The maximum atomic E-state index is 13.8. The van der Waals surface area contributed by atoms with Crippen LogP contribution < -0.4 is 15.4 Å². The molecule has 1 aromatic rings. The molecular formula is C26H35N3O5. The van der Waals surface area contributed by atoms with Gasteiger partial charge in [0.2, 0.25) is 5.91 Å². The molecule has 2 fully saturated rings. The van der Waals surface area contributed by atoms with E-state index in [2.05, 4.69) is 16.7 Å². The quantitative estimate of drug-likeness (QED) is 0.687. The first-order chi connectivity index (χ1) is 16.2. The van der Waals surface area contributed by atoms with E-state index in [9.17, 15) is 14.4 Å². The highest BCUT2D eigenvalue weighted by atomic mass is 16.5.